The molecule has 108 valence electrons. The van der Waals surface area contributed by atoms with Crippen LogP contribution in [0.4, 0.5) is 4.39 Å². The minimum atomic E-state index is -0.237. The van der Waals surface area contributed by atoms with Crippen molar-refractivity contribution < 1.29 is 4.39 Å². The van der Waals surface area contributed by atoms with Gasteiger partial charge >= 0.3 is 0 Å². The molecule has 0 fully saturated rings. The Kier molecular flexibility index (Phi) is 6.24. The lowest BCUT2D eigenvalue weighted by Crippen LogP contribution is -2.39. The molecule has 1 aromatic rings. The summed E-state index contributed by atoms with van der Waals surface area (Å²) < 4.78 is 13.8. The van der Waals surface area contributed by atoms with Crippen molar-refractivity contribution in [3.63, 3.8) is 0 Å². The van der Waals surface area contributed by atoms with E-state index in [2.05, 4.69) is 25.7 Å². The molecular weight excluding hydrogens is 263 g/mol. The van der Waals surface area contributed by atoms with Crippen molar-refractivity contribution in [1.82, 2.24) is 4.90 Å². The van der Waals surface area contributed by atoms with E-state index in [9.17, 15) is 4.39 Å². The molecule has 0 unspecified atom stereocenters. The van der Waals surface area contributed by atoms with Crippen molar-refractivity contribution in [2.24, 2.45) is 11.1 Å². The van der Waals surface area contributed by atoms with Gasteiger partial charge in [0.25, 0.3) is 0 Å². The summed E-state index contributed by atoms with van der Waals surface area (Å²) in [5.41, 5.74) is 6.50. The molecule has 0 aromatic heterocycles. The molecule has 0 bridgehead atoms. The third-order valence-corrected chi connectivity index (χ3v) is 3.39. The SMILES string of the molecule is CCCN(Cc1ccc(Cl)cc1F)CC(C)(C)CN. The Labute approximate surface area is 120 Å². The highest BCUT2D eigenvalue weighted by molar-refractivity contribution is 6.30. The van der Waals surface area contributed by atoms with Crippen LogP contribution in [0.5, 0.6) is 0 Å². The van der Waals surface area contributed by atoms with Gasteiger partial charge in [0.1, 0.15) is 5.82 Å². The molecule has 2 N–H and O–H groups in total. The Morgan fingerprint density at radius 3 is 2.58 bits per heavy atom. The molecule has 0 radical (unpaired) electrons. The van der Waals surface area contributed by atoms with E-state index in [0.717, 1.165) is 19.5 Å². The average Bonchev–Trinajstić information content (AvgIpc) is 2.32. The van der Waals surface area contributed by atoms with Gasteiger partial charge in [0.2, 0.25) is 0 Å². The number of benzene rings is 1. The largest absolute Gasteiger partial charge is 0.330 e. The fourth-order valence-electron chi connectivity index (χ4n) is 2.09. The lowest BCUT2D eigenvalue weighted by molar-refractivity contribution is 0.174. The van der Waals surface area contributed by atoms with E-state index >= 15 is 0 Å². The van der Waals surface area contributed by atoms with Gasteiger partial charge in [0.15, 0.2) is 0 Å². The number of hydrogen-bond donors (Lipinski definition) is 1. The molecule has 0 saturated carbocycles. The smallest absolute Gasteiger partial charge is 0.129 e. The Morgan fingerprint density at radius 2 is 2.05 bits per heavy atom. The molecule has 1 rings (SSSR count). The number of hydrogen-bond acceptors (Lipinski definition) is 2. The molecule has 0 saturated heterocycles. The van der Waals surface area contributed by atoms with Gasteiger partial charge in [-0.3, -0.25) is 4.90 Å². The van der Waals surface area contributed by atoms with Crippen molar-refractivity contribution in [2.75, 3.05) is 19.6 Å². The third kappa shape index (κ3) is 5.47. The van der Waals surface area contributed by atoms with Crippen molar-refractivity contribution >= 4 is 11.6 Å². The quantitative estimate of drug-likeness (QED) is 0.828. The Balaban J connectivity index is 2.77. The van der Waals surface area contributed by atoms with Crippen LogP contribution in [0, 0.1) is 11.2 Å². The highest BCUT2D eigenvalue weighted by Crippen LogP contribution is 2.20. The predicted octanol–water partition coefficient (Wildman–Crippen LogP) is 3.68. The van der Waals surface area contributed by atoms with Crippen molar-refractivity contribution in [2.45, 2.75) is 33.7 Å². The number of halogens is 2. The standard InChI is InChI=1S/C15H24ClFN2/c1-4-7-19(11-15(2,3)10-18)9-12-5-6-13(16)8-14(12)17/h5-6,8H,4,7,9-11,18H2,1-3H3. The summed E-state index contributed by atoms with van der Waals surface area (Å²) in [6, 6.07) is 4.86. The van der Waals surface area contributed by atoms with Crippen LogP contribution in [-0.4, -0.2) is 24.5 Å². The molecule has 0 aliphatic rings. The second kappa shape index (κ2) is 7.22. The maximum Gasteiger partial charge on any atom is 0.129 e. The first-order valence-corrected chi connectivity index (χ1v) is 7.12. The van der Waals surface area contributed by atoms with Gasteiger partial charge in [0.05, 0.1) is 0 Å². The molecular formula is C15H24ClFN2. The first-order valence-electron chi connectivity index (χ1n) is 6.74. The van der Waals surface area contributed by atoms with E-state index in [-0.39, 0.29) is 11.2 Å². The number of nitrogens with two attached hydrogens (primary N) is 1. The lowest BCUT2D eigenvalue weighted by atomic mass is 9.93. The van der Waals surface area contributed by atoms with E-state index < -0.39 is 0 Å². The molecule has 0 amide bonds. The van der Waals surface area contributed by atoms with E-state index in [4.69, 9.17) is 17.3 Å². The molecule has 1 aromatic carbocycles. The molecule has 0 heterocycles. The van der Waals surface area contributed by atoms with Crippen LogP contribution >= 0.6 is 11.6 Å². The predicted molar refractivity (Wildman–Crippen MR) is 79.8 cm³/mol. The highest BCUT2D eigenvalue weighted by Gasteiger charge is 2.20. The van der Waals surface area contributed by atoms with Crippen LogP contribution < -0.4 is 5.73 Å². The summed E-state index contributed by atoms with van der Waals surface area (Å²) >= 11 is 5.77. The van der Waals surface area contributed by atoms with Gasteiger partial charge in [-0.05, 0) is 37.1 Å². The first kappa shape index (κ1) is 16.4. The monoisotopic (exact) mass is 286 g/mol. The summed E-state index contributed by atoms with van der Waals surface area (Å²) in [5.74, 6) is -0.237. The Morgan fingerprint density at radius 1 is 1.37 bits per heavy atom. The van der Waals surface area contributed by atoms with Gasteiger partial charge in [0, 0.05) is 23.7 Å². The highest BCUT2D eigenvalue weighted by atomic mass is 35.5. The second-order valence-electron chi connectivity index (χ2n) is 5.81. The van der Waals surface area contributed by atoms with E-state index in [0.29, 0.717) is 23.7 Å². The Hall–Kier alpha value is -0.640. The zero-order valence-corrected chi connectivity index (χ0v) is 12.8. The summed E-state index contributed by atoms with van der Waals surface area (Å²) in [7, 11) is 0. The Bertz CT molecular complexity index is 407. The topological polar surface area (TPSA) is 29.3 Å². The van der Waals surface area contributed by atoms with Crippen LogP contribution in [-0.2, 0) is 6.54 Å². The van der Waals surface area contributed by atoms with Crippen molar-refractivity contribution in [3.8, 4) is 0 Å². The van der Waals surface area contributed by atoms with Gasteiger partial charge in [-0.2, -0.15) is 0 Å². The molecule has 0 aliphatic heterocycles. The summed E-state index contributed by atoms with van der Waals surface area (Å²) in [4.78, 5) is 2.25. The zero-order valence-electron chi connectivity index (χ0n) is 12.0. The van der Waals surface area contributed by atoms with Gasteiger partial charge in [-0.1, -0.05) is 38.4 Å². The molecule has 0 aliphatic carbocycles. The molecule has 0 atom stereocenters. The average molecular weight is 287 g/mol. The van der Waals surface area contributed by atoms with Gasteiger partial charge in [-0.15, -0.1) is 0 Å². The van der Waals surface area contributed by atoms with E-state index in [1.165, 1.54) is 6.07 Å². The minimum Gasteiger partial charge on any atom is -0.330 e. The zero-order chi connectivity index (χ0) is 14.5. The van der Waals surface area contributed by atoms with Crippen molar-refractivity contribution in [1.29, 1.82) is 0 Å². The van der Waals surface area contributed by atoms with E-state index in [1.807, 2.05) is 0 Å². The lowest BCUT2D eigenvalue weighted by Gasteiger charge is -2.31. The molecule has 2 nitrogen and oxygen atoms in total. The second-order valence-corrected chi connectivity index (χ2v) is 6.25. The van der Waals surface area contributed by atoms with Crippen LogP contribution in [0.15, 0.2) is 18.2 Å². The van der Waals surface area contributed by atoms with Crippen LogP contribution in [0.25, 0.3) is 0 Å². The summed E-state index contributed by atoms with van der Waals surface area (Å²) in [6.45, 7) is 9.41. The maximum atomic E-state index is 13.8. The minimum absolute atomic E-state index is 0.0398. The van der Waals surface area contributed by atoms with Crippen molar-refractivity contribution in [3.05, 3.63) is 34.6 Å². The fraction of sp³-hybridized carbons (Fsp3) is 0.600. The normalized spacial score (nSPS) is 12.2. The number of rotatable bonds is 7. The molecule has 4 heteroatoms. The van der Waals surface area contributed by atoms with Gasteiger partial charge < -0.3 is 5.73 Å². The van der Waals surface area contributed by atoms with E-state index in [1.54, 1.807) is 12.1 Å². The third-order valence-electron chi connectivity index (χ3n) is 3.15. The van der Waals surface area contributed by atoms with Crippen LogP contribution in [0.1, 0.15) is 32.8 Å². The van der Waals surface area contributed by atoms with Crippen LogP contribution in [0.2, 0.25) is 5.02 Å². The molecule has 0 spiro atoms. The summed E-state index contributed by atoms with van der Waals surface area (Å²) in [5, 5.41) is 0.436. The number of nitrogens with zero attached hydrogens (tertiary/aromatic N) is 1. The maximum absolute atomic E-state index is 13.8. The van der Waals surface area contributed by atoms with Crippen LogP contribution in [0.3, 0.4) is 0 Å². The first-order chi connectivity index (χ1) is 8.88. The summed E-state index contributed by atoms with van der Waals surface area (Å²) in [6.07, 6.45) is 1.04. The fourth-order valence-corrected chi connectivity index (χ4v) is 2.25. The van der Waals surface area contributed by atoms with Gasteiger partial charge in [-0.25, -0.2) is 4.39 Å². The molecule has 19 heavy (non-hydrogen) atoms.